The van der Waals surface area contributed by atoms with Crippen LogP contribution >= 0.6 is 22.7 Å². The van der Waals surface area contributed by atoms with Gasteiger partial charge in [0.05, 0.1) is 17.3 Å². The Labute approximate surface area is 119 Å². The van der Waals surface area contributed by atoms with Crippen LogP contribution in [0, 0.1) is 0 Å². The summed E-state index contributed by atoms with van der Waals surface area (Å²) in [5, 5.41) is 15.0. The van der Waals surface area contributed by atoms with E-state index in [-0.39, 0.29) is 0 Å². The first-order valence-corrected chi connectivity index (χ1v) is 7.71. The summed E-state index contributed by atoms with van der Waals surface area (Å²) in [5.41, 5.74) is 4.54. The number of hydrogen-bond donors (Lipinski definition) is 1. The summed E-state index contributed by atoms with van der Waals surface area (Å²) in [6, 6.07) is 9.66. The summed E-state index contributed by atoms with van der Waals surface area (Å²) in [7, 11) is 0. The molecule has 3 nitrogen and oxygen atoms in total. The van der Waals surface area contributed by atoms with Crippen molar-refractivity contribution in [1.29, 1.82) is 0 Å². The van der Waals surface area contributed by atoms with Gasteiger partial charge in [-0.3, -0.25) is 0 Å². The fourth-order valence-corrected chi connectivity index (χ4v) is 3.24. The fraction of sp³-hybridized carbons (Fsp3) is 0.143. The van der Waals surface area contributed by atoms with E-state index >= 15 is 0 Å². The number of hydrogen-bond acceptors (Lipinski definition) is 5. The van der Waals surface area contributed by atoms with Crippen LogP contribution < -0.4 is 0 Å². The van der Waals surface area contributed by atoms with Crippen LogP contribution in [0.5, 0.6) is 0 Å². The molecule has 1 unspecified atom stereocenters. The molecule has 2 heterocycles. The predicted molar refractivity (Wildman–Crippen MR) is 78.3 cm³/mol. The topological polar surface area (TPSA) is 46.0 Å². The number of aliphatic hydroxyl groups is 1. The average Bonchev–Trinajstić information content (AvgIpc) is 3.10. The number of benzene rings is 1. The van der Waals surface area contributed by atoms with Gasteiger partial charge in [-0.15, -0.1) is 22.7 Å². The Morgan fingerprint density at radius 1 is 1.16 bits per heavy atom. The lowest BCUT2D eigenvalue weighted by molar-refractivity contribution is 0.177. The molecule has 0 aliphatic carbocycles. The van der Waals surface area contributed by atoms with Crippen molar-refractivity contribution in [2.75, 3.05) is 0 Å². The van der Waals surface area contributed by atoms with Gasteiger partial charge in [-0.05, 0) is 5.56 Å². The molecule has 1 N–H and O–H groups in total. The number of rotatable bonds is 4. The van der Waals surface area contributed by atoms with Crippen molar-refractivity contribution < 1.29 is 5.11 Å². The summed E-state index contributed by atoms with van der Waals surface area (Å²) >= 11 is 3.13. The molecule has 0 saturated carbocycles. The minimum atomic E-state index is -0.508. The smallest absolute Gasteiger partial charge is 0.142 e. The second-order valence-corrected chi connectivity index (χ2v) is 5.73. The van der Waals surface area contributed by atoms with Crippen LogP contribution in [0.2, 0.25) is 0 Å². The molecule has 3 aromatic rings. The first-order valence-electron chi connectivity index (χ1n) is 5.89. The summed E-state index contributed by atoms with van der Waals surface area (Å²) in [4.78, 5) is 8.76. The van der Waals surface area contributed by atoms with E-state index in [2.05, 4.69) is 9.97 Å². The fourth-order valence-electron chi connectivity index (χ4n) is 1.83. The van der Waals surface area contributed by atoms with Gasteiger partial charge >= 0.3 is 0 Å². The quantitative estimate of drug-likeness (QED) is 0.798. The lowest BCUT2D eigenvalue weighted by Gasteiger charge is -2.08. The predicted octanol–water partition coefficient (Wildman–Crippen LogP) is 3.54. The van der Waals surface area contributed by atoms with Crippen LogP contribution in [0.3, 0.4) is 0 Å². The van der Waals surface area contributed by atoms with Gasteiger partial charge in [-0.1, -0.05) is 30.3 Å². The van der Waals surface area contributed by atoms with Gasteiger partial charge < -0.3 is 5.11 Å². The minimum Gasteiger partial charge on any atom is -0.388 e. The Kier molecular flexibility index (Phi) is 3.68. The molecule has 0 spiro atoms. The van der Waals surface area contributed by atoms with Crippen LogP contribution in [-0.2, 0) is 6.42 Å². The SMILES string of the molecule is OC(Cc1csc(-c2cscn2)n1)c1ccccc1. The van der Waals surface area contributed by atoms with Crippen LogP contribution in [-0.4, -0.2) is 15.1 Å². The summed E-state index contributed by atoms with van der Waals surface area (Å²) in [5.74, 6) is 0. The van der Waals surface area contributed by atoms with Crippen LogP contribution in [0.15, 0.2) is 46.6 Å². The van der Waals surface area contributed by atoms with E-state index in [1.807, 2.05) is 41.1 Å². The maximum absolute atomic E-state index is 10.2. The highest BCUT2D eigenvalue weighted by Gasteiger charge is 2.12. The zero-order chi connectivity index (χ0) is 13.1. The molecule has 0 amide bonds. The molecule has 0 aliphatic rings. The molecule has 0 radical (unpaired) electrons. The van der Waals surface area contributed by atoms with E-state index in [9.17, 15) is 5.11 Å². The normalized spacial score (nSPS) is 12.5. The second kappa shape index (κ2) is 5.61. The molecule has 1 atom stereocenters. The van der Waals surface area contributed by atoms with Gasteiger partial charge in [0, 0.05) is 17.2 Å². The van der Waals surface area contributed by atoms with Crippen molar-refractivity contribution in [3.63, 3.8) is 0 Å². The lowest BCUT2D eigenvalue weighted by atomic mass is 10.1. The van der Waals surface area contributed by atoms with E-state index in [1.165, 1.54) is 0 Å². The highest BCUT2D eigenvalue weighted by atomic mass is 32.1. The van der Waals surface area contributed by atoms with Gasteiger partial charge in [0.1, 0.15) is 10.7 Å². The first kappa shape index (κ1) is 12.5. The summed E-state index contributed by atoms with van der Waals surface area (Å²) in [6.07, 6.45) is 0.0246. The molecular formula is C14H12N2OS2. The van der Waals surface area contributed by atoms with E-state index in [0.717, 1.165) is 22.0 Å². The van der Waals surface area contributed by atoms with Gasteiger partial charge in [-0.25, -0.2) is 9.97 Å². The Balaban J connectivity index is 1.74. The van der Waals surface area contributed by atoms with Crippen molar-refractivity contribution >= 4 is 22.7 Å². The maximum Gasteiger partial charge on any atom is 0.142 e. The lowest BCUT2D eigenvalue weighted by Crippen LogP contribution is -2.01. The van der Waals surface area contributed by atoms with Crippen molar-refractivity contribution in [3.05, 3.63) is 57.9 Å². The molecule has 0 fully saturated rings. The Morgan fingerprint density at radius 2 is 2.00 bits per heavy atom. The molecular weight excluding hydrogens is 276 g/mol. The molecule has 0 saturated heterocycles. The average molecular weight is 288 g/mol. The standard InChI is InChI=1S/C14H12N2OS2/c17-13(10-4-2-1-3-5-10)6-11-7-19-14(16-11)12-8-18-9-15-12/h1-5,7-9,13,17H,6H2. The molecule has 0 bridgehead atoms. The highest BCUT2D eigenvalue weighted by molar-refractivity contribution is 7.13. The number of thiazole rings is 2. The van der Waals surface area contributed by atoms with E-state index < -0.39 is 6.10 Å². The Hall–Kier alpha value is -1.56. The molecule has 2 aromatic heterocycles. The molecule has 0 aliphatic heterocycles. The monoisotopic (exact) mass is 288 g/mol. The first-order chi connectivity index (χ1) is 9.33. The van der Waals surface area contributed by atoms with Crippen molar-refractivity contribution in [2.24, 2.45) is 0 Å². The Morgan fingerprint density at radius 3 is 2.74 bits per heavy atom. The number of aliphatic hydroxyl groups excluding tert-OH is 1. The van der Waals surface area contributed by atoms with E-state index in [1.54, 1.807) is 28.2 Å². The third-order valence-electron chi connectivity index (χ3n) is 2.79. The van der Waals surface area contributed by atoms with Crippen molar-refractivity contribution in [3.8, 4) is 10.7 Å². The van der Waals surface area contributed by atoms with Gasteiger partial charge in [0.15, 0.2) is 0 Å². The zero-order valence-corrected chi connectivity index (χ0v) is 11.7. The van der Waals surface area contributed by atoms with Gasteiger partial charge in [0.2, 0.25) is 0 Å². The maximum atomic E-state index is 10.2. The number of aromatic nitrogens is 2. The van der Waals surface area contributed by atoms with Crippen LogP contribution in [0.4, 0.5) is 0 Å². The van der Waals surface area contributed by atoms with Gasteiger partial charge in [0.25, 0.3) is 0 Å². The molecule has 19 heavy (non-hydrogen) atoms. The van der Waals surface area contributed by atoms with E-state index in [4.69, 9.17) is 0 Å². The summed E-state index contributed by atoms with van der Waals surface area (Å²) < 4.78 is 0. The van der Waals surface area contributed by atoms with Crippen LogP contribution in [0.25, 0.3) is 10.7 Å². The highest BCUT2D eigenvalue weighted by Crippen LogP contribution is 2.25. The second-order valence-electron chi connectivity index (χ2n) is 4.15. The van der Waals surface area contributed by atoms with Crippen molar-refractivity contribution in [2.45, 2.75) is 12.5 Å². The third-order valence-corrected chi connectivity index (χ3v) is 4.29. The van der Waals surface area contributed by atoms with E-state index in [0.29, 0.717) is 6.42 Å². The largest absolute Gasteiger partial charge is 0.388 e. The number of nitrogens with zero attached hydrogens (tertiary/aromatic N) is 2. The molecule has 5 heteroatoms. The van der Waals surface area contributed by atoms with Gasteiger partial charge in [-0.2, -0.15) is 0 Å². The third kappa shape index (κ3) is 2.89. The van der Waals surface area contributed by atoms with Crippen molar-refractivity contribution in [1.82, 2.24) is 9.97 Å². The Bertz CT molecular complexity index is 635. The summed E-state index contributed by atoms with van der Waals surface area (Å²) in [6.45, 7) is 0. The minimum absolute atomic E-state index is 0.508. The molecule has 3 rings (SSSR count). The molecule has 96 valence electrons. The van der Waals surface area contributed by atoms with Crippen LogP contribution in [0.1, 0.15) is 17.4 Å². The molecule has 1 aromatic carbocycles. The zero-order valence-electron chi connectivity index (χ0n) is 10.1.